The summed E-state index contributed by atoms with van der Waals surface area (Å²) in [6.45, 7) is 4.47. The van der Waals surface area contributed by atoms with E-state index in [-0.39, 0.29) is 17.3 Å². The predicted molar refractivity (Wildman–Crippen MR) is 125 cm³/mol. The van der Waals surface area contributed by atoms with E-state index in [4.69, 9.17) is 4.74 Å². The van der Waals surface area contributed by atoms with Gasteiger partial charge in [0, 0.05) is 24.3 Å². The number of aryl methyl sites for hydroxylation is 1. The van der Waals surface area contributed by atoms with E-state index in [2.05, 4.69) is 10.4 Å². The number of ether oxygens (including phenoxy) is 1. The molecule has 4 rings (SSSR count). The zero-order valence-corrected chi connectivity index (χ0v) is 19.8. The Bertz CT molecular complexity index is 1240. The number of hydrogen-bond donors (Lipinski definition) is 1. The molecule has 1 aromatic heterocycles. The minimum absolute atomic E-state index is 0.152. The first-order valence-electron chi connectivity index (χ1n) is 10.9. The van der Waals surface area contributed by atoms with Crippen molar-refractivity contribution in [2.75, 3.05) is 13.7 Å². The second-order valence-corrected chi connectivity index (χ2v) is 9.95. The molecule has 1 saturated heterocycles. The molecule has 0 bridgehead atoms. The number of hydrogen-bond acceptors (Lipinski definition) is 5. The summed E-state index contributed by atoms with van der Waals surface area (Å²) in [5, 5.41) is 7.55. The normalized spacial score (nSPS) is 16.6. The lowest BCUT2D eigenvalue weighted by molar-refractivity contribution is -0.124. The maximum atomic E-state index is 13.2. The number of sulfonamides is 1. The molecular weight excluding hydrogens is 440 g/mol. The first-order chi connectivity index (χ1) is 15.8. The SMILES string of the molecule is COc1ccc(S(=O)(=O)N2CCC[C@H]2C(=O)NCc2c(C)nn(-c3ccccc3)c2C)cc1. The van der Waals surface area contributed by atoms with Crippen LogP contribution in [0.2, 0.25) is 0 Å². The van der Waals surface area contributed by atoms with E-state index >= 15 is 0 Å². The molecule has 1 atom stereocenters. The summed E-state index contributed by atoms with van der Waals surface area (Å²) < 4.78 is 34.6. The monoisotopic (exact) mass is 468 g/mol. The Kier molecular flexibility index (Phi) is 6.53. The Labute approximate surface area is 194 Å². The van der Waals surface area contributed by atoms with Crippen molar-refractivity contribution in [2.45, 2.75) is 44.2 Å². The molecule has 2 aromatic carbocycles. The van der Waals surface area contributed by atoms with Crippen LogP contribution in [0.4, 0.5) is 0 Å². The molecule has 2 heterocycles. The highest BCUT2D eigenvalue weighted by Crippen LogP contribution is 2.27. The Morgan fingerprint density at radius 2 is 1.82 bits per heavy atom. The molecule has 174 valence electrons. The first-order valence-corrected chi connectivity index (χ1v) is 12.3. The van der Waals surface area contributed by atoms with Crippen LogP contribution in [-0.4, -0.2) is 48.1 Å². The Morgan fingerprint density at radius 1 is 1.12 bits per heavy atom. The highest BCUT2D eigenvalue weighted by molar-refractivity contribution is 7.89. The molecule has 1 N–H and O–H groups in total. The summed E-state index contributed by atoms with van der Waals surface area (Å²) in [5.41, 5.74) is 3.64. The fraction of sp³-hybridized carbons (Fsp3) is 0.333. The Balaban J connectivity index is 1.49. The summed E-state index contributed by atoms with van der Waals surface area (Å²) in [5.74, 6) is 0.280. The van der Waals surface area contributed by atoms with Crippen LogP contribution >= 0.6 is 0 Å². The van der Waals surface area contributed by atoms with Crippen LogP contribution in [0, 0.1) is 13.8 Å². The van der Waals surface area contributed by atoms with Crippen LogP contribution in [0.5, 0.6) is 5.75 Å². The zero-order valence-electron chi connectivity index (χ0n) is 19.0. The number of aromatic nitrogens is 2. The number of nitrogens with zero attached hydrogens (tertiary/aromatic N) is 3. The number of para-hydroxylation sites is 1. The standard InChI is InChI=1S/C24H28N4O4S/c1-17-22(18(2)28(26-17)19-8-5-4-6-9-19)16-25-24(29)23-10-7-15-27(23)33(30,31)21-13-11-20(32-3)12-14-21/h4-6,8-9,11-14,23H,7,10,15-16H2,1-3H3,(H,25,29)/t23-/m0/s1. The van der Waals surface area contributed by atoms with E-state index in [1.165, 1.54) is 23.5 Å². The van der Waals surface area contributed by atoms with Crippen LogP contribution in [0.15, 0.2) is 59.5 Å². The van der Waals surface area contributed by atoms with Gasteiger partial charge in [0.2, 0.25) is 15.9 Å². The summed E-state index contributed by atoms with van der Waals surface area (Å²) in [6, 6.07) is 15.3. The first kappa shape index (κ1) is 23.0. The predicted octanol–water partition coefficient (Wildman–Crippen LogP) is 2.97. The van der Waals surface area contributed by atoms with Crippen molar-refractivity contribution in [2.24, 2.45) is 0 Å². The number of carbonyl (C=O) groups is 1. The molecule has 1 aliphatic rings. The van der Waals surface area contributed by atoms with Crippen LogP contribution in [0.25, 0.3) is 5.69 Å². The van der Waals surface area contributed by atoms with Gasteiger partial charge in [-0.15, -0.1) is 0 Å². The lowest BCUT2D eigenvalue weighted by Gasteiger charge is -2.23. The van der Waals surface area contributed by atoms with E-state index in [0.29, 0.717) is 25.1 Å². The van der Waals surface area contributed by atoms with Crippen LogP contribution in [-0.2, 0) is 21.4 Å². The summed E-state index contributed by atoms with van der Waals surface area (Å²) in [7, 11) is -2.26. The fourth-order valence-electron chi connectivity index (χ4n) is 4.22. The van der Waals surface area contributed by atoms with Crippen molar-refractivity contribution >= 4 is 15.9 Å². The van der Waals surface area contributed by atoms with Crippen molar-refractivity contribution in [3.05, 3.63) is 71.5 Å². The van der Waals surface area contributed by atoms with E-state index in [9.17, 15) is 13.2 Å². The molecule has 3 aromatic rings. The van der Waals surface area contributed by atoms with E-state index < -0.39 is 16.1 Å². The highest BCUT2D eigenvalue weighted by Gasteiger charge is 2.39. The number of methoxy groups -OCH3 is 1. The fourth-order valence-corrected chi connectivity index (χ4v) is 5.87. The van der Waals surface area contributed by atoms with Crippen LogP contribution in [0.1, 0.15) is 29.8 Å². The van der Waals surface area contributed by atoms with Gasteiger partial charge in [-0.3, -0.25) is 4.79 Å². The minimum Gasteiger partial charge on any atom is -0.497 e. The maximum Gasteiger partial charge on any atom is 0.243 e. The van der Waals surface area contributed by atoms with Crippen molar-refractivity contribution in [1.29, 1.82) is 0 Å². The molecule has 9 heteroatoms. The Hall–Kier alpha value is -3.17. The van der Waals surface area contributed by atoms with Gasteiger partial charge < -0.3 is 10.1 Å². The molecule has 1 amide bonds. The van der Waals surface area contributed by atoms with Crippen LogP contribution < -0.4 is 10.1 Å². The second-order valence-electron chi connectivity index (χ2n) is 8.06. The van der Waals surface area contributed by atoms with Gasteiger partial charge in [-0.2, -0.15) is 9.40 Å². The number of benzene rings is 2. The molecule has 0 spiro atoms. The van der Waals surface area contributed by atoms with Crippen molar-refractivity contribution in [1.82, 2.24) is 19.4 Å². The molecule has 0 saturated carbocycles. The van der Waals surface area contributed by atoms with Gasteiger partial charge in [0.05, 0.1) is 23.4 Å². The molecule has 0 radical (unpaired) electrons. The molecule has 8 nitrogen and oxygen atoms in total. The van der Waals surface area contributed by atoms with Gasteiger partial charge in [0.25, 0.3) is 0 Å². The van der Waals surface area contributed by atoms with E-state index in [1.54, 1.807) is 12.1 Å². The van der Waals surface area contributed by atoms with Gasteiger partial charge in [-0.1, -0.05) is 18.2 Å². The van der Waals surface area contributed by atoms with Gasteiger partial charge >= 0.3 is 0 Å². The molecule has 33 heavy (non-hydrogen) atoms. The van der Waals surface area contributed by atoms with Crippen molar-refractivity contribution in [3.8, 4) is 11.4 Å². The lowest BCUT2D eigenvalue weighted by atomic mass is 10.1. The zero-order chi connectivity index (χ0) is 23.6. The quantitative estimate of drug-likeness (QED) is 0.575. The molecule has 1 fully saturated rings. The van der Waals surface area contributed by atoms with Crippen molar-refractivity contribution in [3.63, 3.8) is 0 Å². The van der Waals surface area contributed by atoms with Gasteiger partial charge in [-0.25, -0.2) is 13.1 Å². The van der Waals surface area contributed by atoms with E-state index in [1.807, 2.05) is 48.9 Å². The van der Waals surface area contributed by atoms with Crippen LogP contribution in [0.3, 0.4) is 0 Å². The number of rotatable bonds is 7. The number of carbonyl (C=O) groups excluding carboxylic acids is 1. The third-order valence-electron chi connectivity index (χ3n) is 6.05. The number of amides is 1. The molecular formula is C24H28N4O4S. The second kappa shape index (κ2) is 9.36. The van der Waals surface area contributed by atoms with Gasteiger partial charge in [-0.05, 0) is 63.1 Å². The third kappa shape index (κ3) is 4.51. The molecule has 1 aliphatic heterocycles. The summed E-state index contributed by atoms with van der Waals surface area (Å²) >= 11 is 0. The van der Waals surface area contributed by atoms with Gasteiger partial charge in [0.15, 0.2) is 0 Å². The summed E-state index contributed by atoms with van der Waals surface area (Å²) in [6.07, 6.45) is 1.12. The largest absolute Gasteiger partial charge is 0.497 e. The average molecular weight is 469 g/mol. The topological polar surface area (TPSA) is 93.5 Å². The smallest absolute Gasteiger partial charge is 0.243 e. The Morgan fingerprint density at radius 3 is 2.48 bits per heavy atom. The maximum absolute atomic E-state index is 13.2. The molecule has 0 aliphatic carbocycles. The van der Waals surface area contributed by atoms with Crippen molar-refractivity contribution < 1.29 is 17.9 Å². The lowest BCUT2D eigenvalue weighted by Crippen LogP contribution is -2.45. The third-order valence-corrected chi connectivity index (χ3v) is 7.98. The number of nitrogens with one attached hydrogen (secondary N) is 1. The highest BCUT2D eigenvalue weighted by atomic mass is 32.2. The van der Waals surface area contributed by atoms with Gasteiger partial charge in [0.1, 0.15) is 11.8 Å². The molecule has 0 unspecified atom stereocenters. The average Bonchev–Trinajstić information content (AvgIpc) is 3.44. The minimum atomic E-state index is -3.79. The van der Waals surface area contributed by atoms with E-state index in [0.717, 1.165) is 22.6 Å². The summed E-state index contributed by atoms with van der Waals surface area (Å²) in [4.78, 5) is 13.2.